The topological polar surface area (TPSA) is 86.5 Å². The average molecular weight is 556 g/mol. The van der Waals surface area contributed by atoms with Crippen LogP contribution in [-0.2, 0) is 6.18 Å². The first-order valence-corrected chi connectivity index (χ1v) is 12.9. The van der Waals surface area contributed by atoms with Crippen molar-refractivity contribution in [1.29, 1.82) is 0 Å². The van der Waals surface area contributed by atoms with E-state index in [1.807, 2.05) is 35.7 Å². The molecule has 0 aliphatic carbocycles. The van der Waals surface area contributed by atoms with E-state index in [0.29, 0.717) is 27.4 Å². The van der Waals surface area contributed by atoms with Crippen LogP contribution in [-0.4, -0.2) is 25.1 Å². The summed E-state index contributed by atoms with van der Waals surface area (Å²) in [5.41, 5.74) is 8.02. The summed E-state index contributed by atoms with van der Waals surface area (Å²) in [5.74, 6) is 0.448. The minimum Gasteiger partial charge on any atom is -0.493 e. The lowest BCUT2D eigenvalue weighted by molar-refractivity contribution is -0.137. The lowest BCUT2D eigenvalue weighted by Crippen LogP contribution is -2.13. The molecule has 3 heterocycles. The normalized spacial score (nSPS) is 11.5. The lowest BCUT2D eigenvalue weighted by atomic mass is 10.0. The van der Waals surface area contributed by atoms with Crippen molar-refractivity contribution in [2.24, 2.45) is 0 Å². The van der Waals surface area contributed by atoms with Crippen molar-refractivity contribution in [2.75, 3.05) is 25.3 Å². The fourth-order valence-electron chi connectivity index (χ4n) is 4.03. The second-order valence-corrected chi connectivity index (χ2v) is 10.1. The Balaban J connectivity index is 1.64. The van der Waals surface area contributed by atoms with Crippen molar-refractivity contribution in [3.8, 4) is 33.2 Å². The maximum atomic E-state index is 13.2. The molecule has 0 saturated carbocycles. The third-order valence-corrected chi connectivity index (χ3v) is 7.81. The number of thiophene rings is 2. The Bertz CT molecular complexity index is 1650. The fraction of sp³-hybridized carbons (Fsp3) is 0.111. The van der Waals surface area contributed by atoms with E-state index in [9.17, 15) is 18.0 Å². The first-order chi connectivity index (χ1) is 18.2. The molecule has 11 heteroatoms. The zero-order valence-corrected chi connectivity index (χ0v) is 21.7. The molecule has 3 aromatic heterocycles. The van der Waals surface area contributed by atoms with Crippen molar-refractivity contribution in [3.05, 3.63) is 76.5 Å². The number of pyridine rings is 1. The molecule has 0 fully saturated rings. The van der Waals surface area contributed by atoms with Crippen LogP contribution in [0.25, 0.3) is 31.9 Å². The summed E-state index contributed by atoms with van der Waals surface area (Å²) in [5, 5.41) is 5.04. The number of nitrogens with two attached hydrogens (primary N) is 1. The number of hydrogen-bond acceptors (Lipinski definition) is 7. The summed E-state index contributed by atoms with van der Waals surface area (Å²) in [6, 6.07) is 15.6. The smallest absolute Gasteiger partial charge is 0.416 e. The number of halogens is 3. The Kier molecular flexibility index (Phi) is 6.72. The van der Waals surface area contributed by atoms with Crippen LogP contribution in [0.3, 0.4) is 0 Å². The van der Waals surface area contributed by atoms with E-state index in [1.54, 1.807) is 13.2 Å². The minimum atomic E-state index is -4.53. The number of carbonyl (C=O) groups is 1. The van der Waals surface area contributed by atoms with Gasteiger partial charge in [-0.2, -0.15) is 13.2 Å². The van der Waals surface area contributed by atoms with Crippen LogP contribution in [0.1, 0.15) is 15.2 Å². The molecule has 5 aromatic rings. The summed E-state index contributed by atoms with van der Waals surface area (Å²) >= 11 is 2.60. The Morgan fingerprint density at radius 2 is 1.79 bits per heavy atom. The highest BCUT2D eigenvalue weighted by atomic mass is 32.1. The van der Waals surface area contributed by atoms with Crippen LogP contribution in [0.15, 0.2) is 66.0 Å². The van der Waals surface area contributed by atoms with E-state index >= 15 is 0 Å². The highest BCUT2D eigenvalue weighted by Gasteiger charge is 2.31. The fourth-order valence-corrected chi connectivity index (χ4v) is 5.73. The molecule has 0 aliphatic rings. The van der Waals surface area contributed by atoms with Gasteiger partial charge in [0, 0.05) is 11.1 Å². The van der Waals surface area contributed by atoms with Gasteiger partial charge in [0.1, 0.15) is 9.71 Å². The summed E-state index contributed by atoms with van der Waals surface area (Å²) in [6.07, 6.45) is -4.53. The van der Waals surface area contributed by atoms with Crippen molar-refractivity contribution in [3.63, 3.8) is 0 Å². The van der Waals surface area contributed by atoms with Crippen LogP contribution in [0.2, 0.25) is 0 Å². The van der Waals surface area contributed by atoms with Gasteiger partial charge < -0.3 is 20.5 Å². The Morgan fingerprint density at radius 3 is 2.47 bits per heavy atom. The zero-order chi connectivity index (χ0) is 27.0. The summed E-state index contributed by atoms with van der Waals surface area (Å²) in [7, 11) is 3.08. The number of methoxy groups -OCH3 is 2. The van der Waals surface area contributed by atoms with Crippen LogP contribution in [0.4, 0.5) is 24.5 Å². The number of alkyl halides is 3. The number of ether oxygens (including phenoxy) is 2. The number of benzene rings is 2. The third-order valence-electron chi connectivity index (χ3n) is 5.82. The van der Waals surface area contributed by atoms with Crippen LogP contribution in [0.5, 0.6) is 11.5 Å². The molecule has 0 unspecified atom stereocenters. The Labute approximate surface area is 223 Å². The number of anilines is 2. The predicted octanol–water partition coefficient (Wildman–Crippen LogP) is 7.56. The molecule has 38 heavy (non-hydrogen) atoms. The third kappa shape index (κ3) is 4.77. The number of carbonyl (C=O) groups excluding carboxylic acids is 1. The first kappa shape index (κ1) is 25.6. The van der Waals surface area contributed by atoms with Gasteiger partial charge in [0.15, 0.2) is 11.5 Å². The van der Waals surface area contributed by atoms with Gasteiger partial charge in [-0.3, -0.25) is 4.79 Å². The number of nitrogen functional groups attached to an aromatic ring is 1. The number of rotatable bonds is 6. The van der Waals surface area contributed by atoms with Gasteiger partial charge in [0.2, 0.25) is 0 Å². The molecule has 6 nitrogen and oxygen atoms in total. The maximum Gasteiger partial charge on any atom is 0.416 e. The van der Waals surface area contributed by atoms with Gasteiger partial charge >= 0.3 is 6.18 Å². The molecule has 0 bridgehead atoms. The van der Waals surface area contributed by atoms with E-state index in [-0.39, 0.29) is 16.3 Å². The van der Waals surface area contributed by atoms with Gasteiger partial charge in [-0.15, -0.1) is 22.7 Å². The van der Waals surface area contributed by atoms with Gasteiger partial charge in [-0.1, -0.05) is 18.2 Å². The Morgan fingerprint density at radius 1 is 1.00 bits per heavy atom. The largest absolute Gasteiger partial charge is 0.493 e. The SMILES string of the molecule is COc1ccc(-c2cc(-c3cccs3)nc3sc(C(=O)Nc4cccc(C(F)(F)F)c4)c(N)c23)cc1OC. The number of fused-ring (bicyclic) bond motifs is 1. The Hall–Kier alpha value is -4.09. The monoisotopic (exact) mass is 555 g/mol. The predicted molar refractivity (Wildman–Crippen MR) is 145 cm³/mol. The lowest BCUT2D eigenvalue weighted by Gasteiger charge is -2.12. The number of nitrogens with zero attached hydrogens (tertiary/aromatic N) is 1. The standard InChI is InChI=1S/C27H20F3N3O3S2/c1-35-19-9-8-14(11-20(19)36-2)17-13-18(21-7-4-10-37-21)33-26-22(17)23(31)24(38-26)25(34)32-16-6-3-5-15(12-16)27(28,29)30/h3-13H,31H2,1-2H3,(H,32,34). The van der Waals surface area contributed by atoms with E-state index < -0.39 is 17.6 Å². The number of hydrogen-bond donors (Lipinski definition) is 2. The number of aromatic nitrogens is 1. The molecule has 0 radical (unpaired) electrons. The molecule has 0 aliphatic heterocycles. The summed E-state index contributed by atoms with van der Waals surface area (Å²) in [4.78, 5) is 19.5. The van der Waals surface area contributed by atoms with E-state index in [4.69, 9.17) is 20.2 Å². The van der Waals surface area contributed by atoms with E-state index in [0.717, 1.165) is 39.5 Å². The van der Waals surface area contributed by atoms with Gasteiger partial charge in [-0.05, 0) is 59.0 Å². The number of nitrogens with one attached hydrogen (secondary N) is 1. The maximum absolute atomic E-state index is 13.2. The molecule has 0 atom stereocenters. The van der Waals surface area contributed by atoms with Crippen LogP contribution < -0.4 is 20.5 Å². The summed E-state index contributed by atoms with van der Waals surface area (Å²) < 4.78 is 50.3. The molecule has 2 aromatic carbocycles. The zero-order valence-electron chi connectivity index (χ0n) is 20.1. The van der Waals surface area contributed by atoms with E-state index in [2.05, 4.69) is 5.32 Å². The van der Waals surface area contributed by atoms with Gasteiger partial charge in [0.25, 0.3) is 5.91 Å². The summed E-state index contributed by atoms with van der Waals surface area (Å²) in [6.45, 7) is 0. The van der Waals surface area contributed by atoms with Crippen LogP contribution >= 0.6 is 22.7 Å². The molecule has 3 N–H and O–H groups in total. The van der Waals surface area contributed by atoms with Crippen molar-refractivity contribution in [1.82, 2.24) is 4.98 Å². The molecule has 5 rings (SSSR count). The van der Waals surface area contributed by atoms with Crippen molar-refractivity contribution in [2.45, 2.75) is 6.18 Å². The number of amides is 1. The second kappa shape index (κ2) is 9.99. The van der Waals surface area contributed by atoms with Gasteiger partial charge in [0.05, 0.1) is 36.0 Å². The van der Waals surface area contributed by atoms with Gasteiger partial charge in [-0.25, -0.2) is 4.98 Å². The van der Waals surface area contributed by atoms with Crippen LogP contribution in [0, 0.1) is 0 Å². The minimum absolute atomic E-state index is 0.00836. The molecular weight excluding hydrogens is 535 g/mol. The highest BCUT2D eigenvalue weighted by Crippen LogP contribution is 2.44. The molecule has 1 amide bonds. The molecule has 194 valence electrons. The average Bonchev–Trinajstić information content (AvgIpc) is 3.56. The second-order valence-electron chi connectivity index (χ2n) is 8.16. The highest BCUT2D eigenvalue weighted by molar-refractivity contribution is 7.21. The molecule has 0 spiro atoms. The van der Waals surface area contributed by atoms with E-state index in [1.165, 1.54) is 30.6 Å². The van der Waals surface area contributed by atoms with Crippen molar-refractivity contribution < 1.29 is 27.4 Å². The molecular formula is C27H20F3N3O3S2. The quantitative estimate of drug-likeness (QED) is 0.226. The molecule has 0 saturated heterocycles. The first-order valence-electron chi connectivity index (χ1n) is 11.2. The van der Waals surface area contributed by atoms with Crippen molar-refractivity contribution >= 4 is 50.2 Å².